The maximum Gasteiger partial charge on any atom is 0.156 e. The zero-order valence-corrected chi connectivity index (χ0v) is 26.7. The lowest BCUT2D eigenvalue weighted by molar-refractivity contribution is 1.04. The smallest absolute Gasteiger partial charge is 0.156 e. The molecule has 0 bridgehead atoms. The molecule has 0 saturated heterocycles. The van der Waals surface area contributed by atoms with Crippen molar-refractivity contribution in [3.8, 4) is 39.3 Å². The lowest BCUT2D eigenvalue weighted by atomic mass is 9.95. The van der Waals surface area contributed by atoms with Crippen LogP contribution in [0.25, 0.3) is 92.1 Å². The van der Waals surface area contributed by atoms with Crippen molar-refractivity contribution in [1.82, 2.24) is 14.5 Å². The second kappa shape index (κ2) is 10.7. The quantitative estimate of drug-likeness (QED) is 0.194. The van der Waals surface area contributed by atoms with E-state index in [1.807, 2.05) is 23.7 Å². The van der Waals surface area contributed by atoms with Crippen LogP contribution in [0.1, 0.15) is 0 Å². The van der Waals surface area contributed by atoms with Gasteiger partial charge in [-0.15, -0.1) is 11.3 Å². The zero-order chi connectivity index (χ0) is 31.6. The van der Waals surface area contributed by atoms with Crippen LogP contribution in [0.2, 0.25) is 0 Å². The van der Waals surface area contributed by atoms with Crippen molar-refractivity contribution in [2.24, 2.45) is 0 Å². The van der Waals surface area contributed by atoms with E-state index in [9.17, 15) is 0 Å². The van der Waals surface area contributed by atoms with Gasteiger partial charge in [0.05, 0.1) is 29.1 Å². The Balaban J connectivity index is 1.14. The van der Waals surface area contributed by atoms with Crippen LogP contribution in [0.4, 0.5) is 0 Å². The van der Waals surface area contributed by atoms with E-state index < -0.39 is 0 Å². The molecule has 10 rings (SSSR count). The molecule has 48 heavy (non-hydrogen) atoms. The minimum atomic E-state index is 0.801. The summed E-state index contributed by atoms with van der Waals surface area (Å²) in [5.74, 6) is 0.801. The van der Waals surface area contributed by atoms with Crippen molar-refractivity contribution in [2.45, 2.75) is 0 Å². The first-order valence-corrected chi connectivity index (χ1v) is 17.0. The Morgan fingerprint density at radius 2 is 1.02 bits per heavy atom. The Hall–Kier alpha value is -6.10. The number of para-hydroxylation sites is 1. The maximum absolute atomic E-state index is 5.06. The van der Waals surface area contributed by atoms with E-state index in [2.05, 4.69) is 156 Å². The van der Waals surface area contributed by atoms with Crippen molar-refractivity contribution in [1.29, 1.82) is 0 Å². The lowest BCUT2D eigenvalue weighted by Gasteiger charge is -2.12. The largest absolute Gasteiger partial charge is 0.292 e. The Morgan fingerprint density at radius 1 is 0.417 bits per heavy atom. The van der Waals surface area contributed by atoms with Crippen LogP contribution in [0.3, 0.4) is 0 Å². The van der Waals surface area contributed by atoms with Gasteiger partial charge in [-0.05, 0) is 64.0 Å². The molecule has 7 aromatic carbocycles. The molecule has 3 heterocycles. The molecule has 0 amide bonds. The Kier molecular flexibility index (Phi) is 6.05. The van der Waals surface area contributed by atoms with Crippen molar-refractivity contribution >= 4 is 64.1 Å². The third-order valence-corrected chi connectivity index (χ3v) is 10.7. The standard InChI is InChI=1S/C44H27N3S/c1-3-11-28(12-4-1)30-23-31(29-13-5-2-6-14-29)25-32(24-30)38-26-46-42(27-45-38)47-39-17-9-7-16-37(39)43-34-19-20-35-33-15-8-10-18-41(33)48-44(35)36(34)21-22-40(43)47/h1-27H. The van der Waals surface area contributed by atoms with E-state index in [1.54, 1.807) is 0 Å². The number of rotatable bonds is 4. The second-order valence-corrected chi connectivity index (χ2v) is 13.3. The summed E-state index contributed by atoms with van der Waals surface area (Å²) in [4.78, 5) is 10.1. The van der Waals surface area contributed by atoms with Crippen molar-refractivity contribution in [2.75, 3.05) is 0 Å². The number of hydrogen-bond acceptors (Lipinski definition) is 3. The van der Waals surface area contributed by atoms with E-state index in [4.69, 9.17) is 9.97 Å². The maximum atomic E-state index is 5.06. The summed E-state index contributed by atoms with van der Waals surface area (Å²) in [6.45, 7) is 0. The van der Waals surface area contributed by atoms with Gasteiger partial charge in [-0.1, -0.05) is 115 Å². The molecule has 10 aromatic rings. The molecule has 224 valence electrons. The molecule has 0 aliphatic carbocycles. The van der Waals surface area contributed by atoms with Gasteiger partial charge in [0.1, 0.15) is 0 Å². The molecule has 0 fully saturated rings. The van der Waals surface area contributed by atoms with Crippen LogP contribution < -0.4 is 0 Å². The first-order valence-electron chi connectivity index (χ1n) is 16.1. The fraction of sp³-hybridized carbons (Fsp3) is 0. The molecule has 0 radical (unpaired) electrons. The van der Waals surface area contributed by atoms with Crippen molar-refractivity contribution in [3.63, 3.8) is 0 Å². The second-order valence-electron chi connectivity index (χ2n) is 12.2. The zero-order valence-electron chi connectivity index (χ0n) is 25.8. The predicted molar refractivity (Wildman–Crippen MR) is 203 cm³/mol. The van der Waals surface area contributed by atoms with Crippen molar-refractivity contribution in [3.05, 3.63) is 164 Å². The highest BCUT2D eigenvalue weighted by Gasteiger charge is 2.18. The van der Waals surface area contributed by atoms with Gasteiger partial charge in [-0.25, -0.2) is 4.98 Å². The number of fused-ring (bicyclic) bond motifs is 9. The van der Waals surface area contributed by atoms with Crippen molar-refractivity contribution < 1.29 is 0 Å². The number of aromatic nitrogens is 3. The van der Waals surface area contributed by atoms with Crippen LogP contribution in [-0.2, 0) is 0 Å². The SMILES string of the molecule is c1ccc(-c2cc(-c3ccccc3)cc(-c3cnc(-n4c5ccccc5c5c6ccc7c8ccccc8sc7c6ccc54)cn3)c2)cc1. The molecular formula is C44H27N3S. The molecule has 4 heteroatoms. The Morgan fingerprint density at radius 3 is 1.75 bits per heavy atom. The van der Waals surface area contributed by atoms with Crippen LogP contribution >= 0.6 is 11.3 Å². The van der Waals surface area contributed by atoms with Gasteiger partial charge in [0.25, 0.3) is 0 Å². The highest BCUT2D eigenvalue weighted by atomic mass is 32.1. The number of hydrogen-bond donors (Lipinski definition) is 0. The molecular weight excluding hydrogens is 603 g/mol. The summed E-state index contributed by atoms with van der Waals surface area (Å²) in [6, 6.07) is 54.2. The minimum absolute atomic E-state index is 0.801. The average molecular weight is 630 g/mol. The molecule has 0 aliphatic rings. The van der Waals surface area contributed by atoms with Gasteiger partial charge < -0.3 is 0 Å². The highest BCUT2D eigenvalue weighted by molar-refractivity contribution is 7.26. The predicted octanol–water partition coefficient (Wildman–Crippen LogP) is 12.1. The van der Waals surface area contributed by atoms with Gasteiger partial charge >= 0.3 is 0 Å². The van der Waals surface area contributed by atoms with E-state index in [-0.39, 0.29) is 0 Å². The molecule has 0 N–H and O–H groups in total. The van der Waals surface area contributed by atoms with Gasteiger partial charge in [-0.2, -0.15) is 0 Å². The molecule has 0 aliphatic heterocycles. The van der Waals surface area contributed by atoms with E-state index >= 15 is 0 Å². The summed E-state index contributed by atoms with van der Waals surface area (Å²) < 4.78 is 4.92. The monoisotopic (exact) mass is 629 g/mol. The third kappa shape index (κ3) is 4.20. The fourth-order valence-corrected chi connectivity index (χ4v) is 8.49. The van der Waals surface area contributed by atoms with Gasteiger partial charge in [0.15, 0.2) is 5.82 Å². The molecule has 0 saturated carbocycles. The summed E-state index contributed by atoms with van der Waals surface area (Å²) in [5, 5.41) is 7.65. The summed E-state index contributed by atoms with van der Waals surface area (Å²) in [5.41, 5.74) is 8.78. The van der Waals surface area contributed by atoms with Gasteiger partial charge in [-0.3, -0.25) is 9.55 Å². The van der Waals surface area contributed by atoms with Crippen LogP contribution in [0.5, 0.6) is 0 Å². The number of benzene rings is 7. The van der Waals surface area contributed by atoms with Crippen LogP contribution in [0.15, 0.2) is 164 Å². The Labute approximate surface area is 281 Å². The molecule has 0 unspecified atom stereocenters. The average Bonchev–Trinajstić information content (AvgIpc) is 3.72. The van der Waals surface area contributed by atoms with E-state index in [1.165, 1.54) is 52.8 Å². The first kappa shape index (κ1) is 27.1. The summed E-state index contributed by atoms with van der Waals surface area (Å²) >= 11 is 1.88. The minimum Gasteiger partial charge on any atom is -0.292 e. The molecule has 3 aromatic heterocycles. The molecule has 3 nitrogen and oxygen atoms in total. The molecule has 0 spiro atoms. The highest BCUT2D eigenvalue weighted by Crippen LogP contribution is 2.43. The summed E-state index contributed by atoms with van der Waals surface area (Å²) in [6.07, 6.45) is 3.83. The molecule has 0 atom stereocenters. The third-order valence-electron chi connectivity index (χ3n) is 9.48. The fourth-order valence-electron chi connectivity index (χ4n) is 7.26. The van der Waals surface area contributed by atoms with Gasteiger partial charge in [0.2, 0.25) is 0 Å². The normalized spacial score (nSPS) is 11.8. The van der Waals surface area contributed by atoms with Gasteiger partial charge in [0, 0.05) is 41.9 Å². The number of thiophene rings is 1. The lowest BCUT2D eigenvalue weighted by Crippen LogP contribution is -1.99. The Bertz CT molecular complexity index is 2760. The van der Waals surface area contributed by atoms with E-state index in [0.29, 0.717) is 0 Å². The summed E-state index contributed by atoms with van der Waals surface area (Å²) in [7, 11) is 0. The first-order chi connectivity index (χ1) is 23.8. The topological polar surface area (TPSA) is 30.7 Å². The van der Waals surface area contributed by atoms with E-state index in [0.717, 1.165) is 39.2 Å². The number of nitrogens with zero attached hydrogens (tertiary/aromatic N) is 3. The van der Waals surface area contributed by atoms with Crippen LogP contribution in [0, 0.1) is 0 Å². The van der Waals surface area contributed by atoms with Crippen LogP contribution in [-0.4, -0.2) is 14.5 Å².